The van der Waals surface area contributed by atoms with Crippen molar-refractivity contribution in [3.63, 3.8) is 0 Å². The minimum atomic E-state index is -0.750. The third kappa shape index (κ3) is 3.19. The maximum Gasteiger partial charge on any atom is 0.306 e. The van der Waals surface area contributed by atoms with E-state index in [1.807, 2.05) is 24.3 Å². The van der Waals surface area contributed by atoms with Crippen molar-refractivity contribution in [1.82, 2.24) is 0 Å². The number of carboxylic acids is 1. The SMILES string of the molecule is C[C@@H](Cc1cccc(Br)c1)C(=O)O. The fraction of sp³-hybridized carbons (Fsp3) is 0.300. The summed E-state index contributed by atoms with van der Waals surface area (Å²) in [7, 11) is 0. The van der Waals surface area contributed by atoms with E-state index in [4.69, 9.17) is 5.11 Å². The van der Waals surface area contributed by atoms with Gasteiger partial charge in [0.25, 0.3) is 0 Å². The highest BCUT2D eigenvalue weighted by Crippen LogP contribution is 2.14. The normalized spacial score (nSPS) is 12.5. The molecule has 0 heterocycles. The quantitative estimate of drug-likeness (QED) is 0.886. The van der Waals surface area contributed by atoms with E-state index >= 15 is 0 Å². The van der Waals surface area contributed by atoms with Gasteiger partial charge in [0.05, 0.1) is 5.92 Å². The van der Waals surface area contributed by atoms with E-state index in [0.717, 1.165) is 10.0 Å². The highest BCUT2D eigenvalue weighted by atomic mass is 79.9. The number of halogens is 1. The van der Waals surface area contributed by atoms with Gasteiger partial charge in [-0.25, -0.2) is 0 Å². The van der Waals surface area contributed by atoms with Crippen LogP contribution in [-0.2, 0) is 11.2 Å². The molecule has 13 heavy (non-hydrogen) atoms. The van der Waals surface area contributed by atoms with Crippen molar-refractivity contribution in [2.45, 2.75) is 13.3 Å². The molecule has 1 rings (SSSR count). The lowest BCUT2D eigenvalue weighted by atomic mass is 10.0. The first-order valence-corrected chi connectivity index (χ1v) is 4.86. The zero-order valence-electron chi connectivity index (χ0n) is 7.33. The van der Waals surface area contributed by atoms with Gasteiger partial charge in [0.2, 0.25) is 0 Å². The van der Waals surface area contributed by atoms with Crippen LogP contribution in [0.3, 0.4) is 0 Å². The first-order valence-electron chi connectivity index (χ1n) is 4.07. The molecule has 0 aliphatic rings. The molecule has 0 fully saturated rings. The van der Waals surface area contributed by atoms with Crippen LogP contribution in [-0.4, -0.2) is 11.1 Å². The van der Waals surface area contributed by atoms with Crippen LogP contribution in [0.1, 0.15) is 12.5 Å². The van der Waals surface area contributed by atoms with Crippen LogP contribution < -0.4 is 0 Å². The number of rotatable bonds is 3. The Morgan fingerprint density at radius 1 is 1.62 bits per heavy atom. The molecule has 1 N–H and O–H groups in total. The molecule has 0 amide bonds. The summed E-state index contributed by atoms with van der Waals surface area (Å²) in [6.07, 6.45) is 0.578. The third-order valence-corrected chi connectivity index (χ3v) is 2.35. The van der Waals surface area contributed by atoms with Crippen LogP contribution in [0, 0.1) is 5.92 Å². The van der Waals surface area contributed by atoms with Crippen molar-refractivity contribution in [1.29, 1.82) is 0 Å². The molecule has 2 nitrogen and oxygen atoms in total. The fourth-order valence-corrected chi connectivity index (χ4v) is 1.55. The van der Waals surface area contributed by atoms with Gasteiger partial charge in [0, 0.05) is 4.47 Å². The van der Waals surface area contributed by atoms with Crippen molar-refractivity contribution in [2.75, 3.05) is 0 Å². The van der Waals surface area contributed by atoms with Gasteiger partial charge < -0.3 is 5.11 Å². The van der Waals surface area contributed by atoms with Crippen molar-refractivity contribution in [3.05, 3.63) is 34.3 Å². The predicted octanol–water partition coefficient (Wildman–Crippen LogP) is 2.71. The number of hydrogen-bond acceptors (Lipinski definition) is 1. The molecule has 0 aliphatic heterocycles. The summed E-state index contributed by atoms with van der Waals surface area (Å²) in [6, 6.07) is 7.71. The first kappa shape index (κ1) is 10.3. The molecule has 70 valence electrons. The summed E-state index contributed by atoms with van der Waals surface area (Å²) >= 11 is 3.34. The monoisotopic (exact) mass is 242 g/mol. The molecule has 3 heteroatoms. The van der Waals surface area contributed by atoms with Crippen LogP contribution >= 0.6 is 15.9 Å². The molecule has 0 radical (unpaired) electrons. The Morgan fingerprint density at radius 2 is 2.31 bits per heavy atom. The summed E-state index contributed by atoms with van der Waals surface area (Å²) in [6.45, 7) is 1.71. The van der Waals surface area contributed by atoms with Crippen molar-refractivity contribution in [2.24, 2.45) is 5.92 Å². The summed E-state index contributed by atoms with van der Waals surface area (Å²) in [5.74, 6) is -1.07. The molecule has 0 bridgehead atoms. The zero-order valence-corrected chi connectivity index (χ0v) is 8.91. The van der Waals surface area contributed by atoms with Crippen LogP contribution in [0.25, 0.3) is 0 Å². The fourth-order valence-electron chi connectivity index (χ4n) is 1.10. The van der Waals surface area contributed by atoms with Crippen molar-refractivity contribution in [3.8, 4) is 0 Å². The van der Waals surface area contributed by atoms with E-state index in [9.17, 15) is 4.79 Å². The Labute approximate surface area is 85.7 Å². The molecular weight excluding hydrogens is 232 g/mol. The lowest BCUT2D eigenvalue weighted by Gasteiger charge is -2.05. The van der Waals surface area contributed by atoms with Gasteiger partial charge >= 0.3 is 5.97 Å². The minimum Gasteiger partial charge on any atom is -0.481 e. The average Bonchev–Trinajstić information content (AvgIpc) is 2.04. The van der Waals surface area contributed by atoms with Crippen molar-refractivity contribution < 1.29 is 9.90 Å². The van der Waals surface area contributed by atoms with Gasteiger partial charge in [-0.1, -0.05) is 35.0 Å². The highest BCUT2D eigenvalue weighted by molar-refractivity contribution is 9.10. The van der Waals surface area contributed by atoms with E-state index in [1.54, 1.807) is 6.92 Å². The molecule has 0 spiro atoms. The Hall–Kier alpha value is -0.830. The number of hydrogen-bond donors (Lipinski definition) is 1. The van der Waals surface area contributed by atoms with Gasteiger partial charge in [-0.05, 0) is 24.1 Å². The second kappa shape index (κ2) is 4.42. The number of carbonyl (C=O) groups is 1. The molecule has 1 aromatic carbocycles. The predicted molar refractivity (Wildman–Crippen MR) is 54.6 cm³/mol. The van der Waals surface area contributed by atoms with E-state index < -0.39 is 5.97 Å². The maximum absolute atomic E-state index is 10.6. The Balaban J connectivity index is 2.69. The van der Waals surface area contributed by atoms with E-state index in [2.05, 4.69) is 15.9 Å². The number of benzene rings is 1. The summed E-state index contributed by atoms with van der Waals surface area (Å²) in [5.41, 5.74) is 1.05. The molecule has 0 saturated carbocycles. The third-order valence-electron chi connectivity index (χ3n) is 1.85. The second-order valence-corrected chi connectivity index (χ2v) is 3.99. The molecular formula is C10H11BrO2. The molecule has 0 aromatic heterocycles. The van der Waals surface area contributed by atoms with Gasteiger partial charge in [-0.15, -0.1) is 0 Å². The molecule has 1 atom stereocenters. The number of aliphatic carboxylic acids is 1. The van der Waals surface area contributed by atoms with Crippen LogP contribution in [0.4, 0.5) is 0 Å². The lowest BCUT2D eigenvalue weighted by molar-refractivity contribution is -0.141. The zero-order chi connectivity index (χ0) is 9.84. The first-order chi connectivity index (χ1) is 6.09. The minimum absolute atomic E-state index is 0.325. The highest BCUT2D eigenvalue weighted by Gasteiger charge is 2.11. The van der Waals surface area contributed by atoms with Gasteiger partial charge in [-0.3, -0.25) is 4.79 Å². The van der Waals surface area contributed by atoms with Gasteiger partial charge in [0.15, 0.2) is 0 Å². The van der Waals surface area contributed by atoms with E-state index in [0.29, 0.717) is 6.42 Å². The topological polar surface area (TPSA) is 37.3 Å². The Bertz CT molecular complexity index is 310. The molecule has 1 aromatic rings. The van der Waals surface area contributed by atoms with Crippen LogP contribution in [0.2, 0.25) is 0 Å². The molecule has 0 aliphatic carbocycles. The smallest absolute Gasteiger partial charge is 0.306 e. The summed E-state index contributed by atoms with van der Waals surface area (Å²) < 4.78 is 0.989. The number of carboxylic acid groups (broad SMARTS) is 1. The van der Waals surface area contributed by atoms with Crippen LogP contribution in [0.5, 0.6) is 0 Å². The largest absolute Gasteiger partial charge is 0.481 e. The maximum atomic E-state index is 10.6. The molecule has 0 unspecified atom stereocenters. The Kier molecular flexibility index (Phi) is 3.48. The summed E-state index contributed by atoms with van der Waals surface area (Å²) in [5, 5.41) is 8.70. The second-order valence-electron chi connectivity index (χ2n) is 3.07. The lowest BCUT2D eigenvalue weighted by Crippen LogP contribution is -2.12. The van der Waals surface area contributed by atoms with Gasteiger partial charge in [0.1, 0.15) is 0 Å². The molecule has 0 saturated heterocycles. The standard InChI is InChI=1S/C10H11BrO2/c1-7(10(12)13)5-8-3-2-4-9(11)6-8/h2-4,6-7H,5H2,1H3,(H,12,13)/t7-/m0/s1. The van der Waals surface area contributed by atoms with Gasteiger partial charge in [-0.2, -0.15) is 0 Å². The van der Waals surface area contributed by atoms with Crippen LogP contribution in [0.15, 0.2) is 28.7 Å². The average molecular weight is 243 g/mol. The van der Waals surface area contributed by atoms with Crippen molar-refractivity contribution >= 4 is 21.9 Å². The van der Waals surface area contributed by atoms with E-state index in [1.165, 1.54) is 0 Å². The Morgan fingerprint density at radius 3 is 2.85 bits per heavy atom. The van der Waals surface area contributed by atoms with E-state index in [-0.39, 0.29) is 5.92 Å². The summed E-state index contributed by atoms with van der Waals surface area (Å²) in [4.78, 5) is 10.6.